The minimum Gasteiger partial charge on any atom is -0.313 e. The molecule has 4 nitrogen and oxygen atoms in total. The minimum atomic E-state index is -0.386. The number of carbonyl (C=O) groups excluding carboxylic acids is 1. The summed E-state index contributed by atoms with van der Waals surface area (Å²) in [4.78, 5) is 19.0. The molecule has 0 radical (unpaired) electrons. The number of oxime groups is 1. The Bertz CT molecular complexity index is 460. The van der Waals surface area contributed by atoms with E-state index in [1.54, 1.807) is 12.1 Å². The Kier molecular flexibility index (Phi) is 6.68. The first kappa shape index (κ1) is 16.7. The smallest absolute Gasteiger partial charge is 0.313 e. The second-order valence-electron chi connectivity index (χ2n) is 5.18. The molecule has 0 bridgehead atoms. The van der Waals surface area contributed by atoms with Crippen molar-refractivity contribution in [1.82, 2.24) is 4.90 Å². The lowest BCUT2D eigenvalue weighted by molar-refractivity contribution is 0.0513. The molecule has 0 aromatic heterocycles. The molecule has 0 spiro atoms. The Morgan fingerprint density at radius 2 is 2.05 bits per heavy atom. The third kappa shape index (κ3) is 4.62. The Morgan fingerprint density at radius 1 is 1.35 bits per heavy atom. The number of hydrogen-bond donors (Lipinski definition) is 0. The van der Waals surface area contributed by atoms with Crippen LogP contribution in [0.15, 0.2) is 35.5 Å². The zero-order valence-electron chi connectivity index (χ0n) is 11.9. The Balaban J connectivity index is 0.00000200. The van der Waals surface area contributed by atoms with Crippen molar-refractivity contribution in [2.75, 3.05) is 20.6 Å². The highest BCUT2D eigenvalue weighted by Gasteiger charge is 2.24. The third-order valence-electron chi connectivity index (χ3n) is 3.30. The van der Waals surface area contributed by atoms with E-state index in [-0.39, 0.29) is 18.4 Å². The van der Waals surface area contributed by atoms with Gasteiger partial charge >= 0.3 is 5.97 Å². The van der Waals surface area contributed by atoms with Crippen LogP contribution in [0.4, 0.5) is 0 Å². The molecule has 0 amide bonds. The van der Waals surface area contributed by atoms with Crippen LogP contribution in [0.2, 0.25) is 0 Å². The quantitative estimate of drug-likeness (QED) is 0.633. The van der Waals surface area contributed by atoms with Gasteiger partial charge in [-0.2, -0.15) is 0 Å². The monoisotopic (exact) mass is 296 g/mol. The summed E-state index contributed by atoms with van der Waals surface area (Å²) in [7, 11) is 4.10. The summed E-state index contributed by atoms with van der Waals surface area (Å²) in [5.74, 6) is 0.0298. The molecule has 0 heterocycles. The molecule has 1 atom stereocenters. The fourth-order valence-electron chi connectivity index (χ4n) is 2.38. The van der Waals surface area contributed by atoms with Crippen LogP contribution in [-0.2, 0) is 4.84 Å². The predicted molar refractivity (Wildman–Crippen MR) is 82.4 cm³/mol. The summed E-state index contributed by atoms with van der Waals surface area (Å²) in [6, 6.07) is 8.96. The average Bonchev–Trinajstić information content (AvgIpc) is 2.83. The van der Waals surface area contributed by atoms with Gasteiger partial charge in [0.2, 0.25) is 0 Å². The molecule has 0 N–H and O–H groups in total. The first-order valence-corrected chi connectivity index (χ1v) is 6.64. The molecule has 0 aliphatic heterocycles. The average molecular weight is 297 g/mol. The first-order valence-electron chi connectivity index (χ1n) is 6.64. The summed E-state index contributed by atoms with van der Waals surface area (Å²) in [5.41, 5.74) is 1.55. The van der Waals surface area contributed by atoms with Crippen molar-refractivity contribution in [3.63, 3.8) is 0 Å². The molecule has 5 heteroatoms. The number of benzene rings is 1. The summed E-state index contributed by atoms with van der Waals surface area (Å²) in [5, 5.41) is 4.07. The maximum atomic E-state index is 11.8. The van der Waals surface area contributed by atoms with E-state index < -0.39 is 0 Å². The van der Waals surface area contributed by atoms with Crippen LogP contribution < -0.4 is 0 Å². The molecule has 0 saturated heterocycles. The van der Waals surface area contributed by atoms with Crippen LogP contribution in [0.25, 0.3) is 0 Å². The van der Waals surface area contributed by atoms with Crippen LogP contribution in [-0.4, -0.2) is 37.2 Å². The Labute approximate surface area is 126 Å². The molecular weight excluding hydrogens is 276 g/mol. The lowest BCUT2D eigenvalue weighted by Crippen LogP contribution is -2.24. The molecule has 1 aromatic carbocycles. The van der Waals surface area contributed by atoms with E-state index in [0.29, 0.717) is 11.5 Å². The zero-order valence-corrected chi connectivity index (χ0v) is 12.7. The maximum absolute atomic E-state index is 11.8. The standard InChI is InChI=1S/C15H20N2O2.ClH/c1-17(2)11-13-9-6-10-14(13)16-19-15(18)12-7-4-3-5-8-12;/h3-5,7-8,13H,6,9-11H2,1-2H3;1H/b16-14-;. The highest BCUT2D eigenvalue weighted by atomic mass is 35.5. The summed E-state index contributed by atoms with van der Waals surface area (Å²) in [6.07, 6.45) is 3.18. The molecule has 2 rings (SSSR count). The van der Waals surface area contributed by atoms with Gasteiger partial charge in [0, 0.05) is 12.5 Å². The molecule has 1 unspecified atom stereocenters. The highest BCUT2D eigenvalue weighted by molar-refractivity contribution is 5.92. The number of carbonyl (C=O) groups is 1. The van der Waals surface area contributed by atoms with Gasteiger partial charge in [-0.25, -0.2) is 4.79 Å². The van der Waals surface area contributed by atoms with Gasteiger partial charge in [-0.15, -0.1) is 12.4 Å². The van der Waals surface area contributed by atoms with Gasteiger partial charge < -0.3 is 9.74 Å². The largest absolute Gasteiger partial charge is 0.365 e. The van der Waals surface area contributed by atoms with Gasteiger partial charge in [0.05, 0.1) is 11.3 Å². The van der Waals surface area contributed by atoms with Crippen LogP contribution in [0.3, 0.4) is 0 Å². The second-order valence-corrected chi connectivity index (χ2v) is 5.18. The molecule has 110 valence electrons. The number of halogens is 1. The van der Waals surface area contributed by atoms with E-state index >= 15 is 0 Å². The summed E-state index contributed by atoms with van der Waals surface area (Å²) in [6.45, 7) is 0.960. The zero-order chi connectivity index (χ0) is 13.7. The summed E-state index contributed by atoms with van der Waals surface area (Å²) < 4.78 is 0. The van der Waals surface area contributed by atoms with Gasteiger partial charge in [0.25, 0.3) is 0 Å². The topological polar surface area (TPSA) is 41.9 Å². The van der Waals surface area contributed by atoms with Crippen LogP contribution in [0, 0.1) is 5.92 Å². The highest BCUT2D eigenvalue weighted by Crippen LogP contribution is 2.23. The van der Waals surface area contributed by atoms with Gasteiger partial charge in [0.1, 0.15) is 0 Å². The molecule has 1 fully saturated rings. The van der Waals surface area contributed by atoms with E-state index in [1.807, 2.05) is 32.3 Å². The van der Waals surface area contributed by atoms with E-state index in [0.717, 1.165) is 31.5 Å². The van der Waals surface area contributed by atoms with E-state index in [9.17, 15) is 4.79 Å². The molecule has 1 aliphatic rings. The van der Waals surface area contributed by atoms with Crippen LogP contribution in [0.5, 0.6) is 0 Å². The van der Waals surface area contributed by atoms with Gasteiger partial charge in [-0.1, -0.05) is 23.4 Å². The van der Waals surface area contributed by atoms with Gasteiger partial charge in [-0.05, 0) is 45.5 Å². The first-order chi connectivity index (χ1) is 9.16. The minimum absolute atomic E-state index is 0. The van der Waals surface area contributed by atoms with Crippen molar-refractivity contribution in [3.05, 3.63) is 35.9 Å². The fourth-order valence-corrected chi connectivity index (χ4v) is 2.38. The summed E-state index contributed by atoms with van der Waals surface area (Å²) >= 11 is 0. The maximum Gasteiger partial charge on any atom is 0.365 e. The molecule has 1 aromatic rings. The Morgan fingerprint density at radius 3 is 2.70 bits per heavy atom. The van der Waals surface area contributed by atoms with E-state index in [4.69, 9.17) is 4.84 Å². The van der Waals surface area contributed by atoms with Crippen molar-refractivity contribution in [2.45, 2.75) is 19.3 Å². The van der Waals surface area contributed by atoms with Gasteiger partial charge in [0.15, 0.2) is 0 Å². The molecule has 20 heavy (non-hydrogen) atoms. The second kappa shape index (κ2) is 8.02. The van der Waals surface area contributed by atoms with Crippen molar-refractivity contribution in [1.29, 1.82) is 0 Å². The third-order valence-corrected chi connectivity index (χ3v) is 3.30. The Hall–Kier alpha value is -1.39. The van der Waals surface area contributed by atoms with E-state index in [2.05, 4.69) is 10.1 Å². The fraction of sp³-hybridized carbons (Fsp3) is 0.467. The van der Waals surface area contributed by atoms with E-state index in [1.165, 1.54) is 0 Å². The SMILES string of the molecule is CN(C)CC1CCC/C1=N/OC(=O)c1ccccc1.Cl. The van der Waals surface area contributed by atoms with Gasteiger partial charge in [-0.3, -0.25) is 0 Å². The van der Waals surface area contributed by atoms with Crippen LogP contribution >= 0.6 is 12.4 Å². The van der Waals surface area contributed by atoms with Crippen molar-refractivity contribution in [2.24, 2.45) is 11.1 Å². The number of hydrogen-bond acceptors (Lipinski definition) is 4. The van der Waals surface area contributed by atoms with Crippen molar-refractivity contribution < 1.29 is 9.63 Å². The molecule has 1 saturated carbocycles. The molecular formula is C15H21ClN2O2. The normalized spacial score (nSPS) is 19.9. The number of rotatable bonds is 4. The predicted octanol–water partition coefficient (Wildman–Crippen LogP) is 2.98. The number of nitrogens with zero attached hydrogens (tertiary/aromatic N) is 2. The lowest BCUT2D eigenvalue weighted by atomic mass is 10.1. The van der Waals surface area contributed by atoms with Crippen LogP contribution in [0.1, 0.15) is 29.6 Å². The van der Waals surface area contributed by atoms with Crippen molar-refractivity contribution in [3.8, 4) is 0 Å². The molecule has 1 aliphatic carbocycles. The lowest BCUT2D eigenvalue weighted by Gasteiger charge is -2.15. The van der Waals surface area contributed by atoms with Crippen molar-refractivity contribution >= 4 is 24.1 Å².